The fourth-order valence-corrected chi connectivity index (χ4v) is 1.21. The number of Topliss-reactive ketones (excluding diaryl/α,β-unsaturated/α-hetero) is 1. The molecule has 0 aromatic carbocycles. The van der Waals surface area contributed by atoms with E-state index in [1.165, 1.54) is 0 Å². The van der Waals surface area contributed by atoms with Crippen LogP contribution in [0.25, 0.3) is 0 Å². The highest BCUT2D eigenvalue weighted by atomic mass is 16.1. The van der Waals surface area contributed by atoms with Crippen molar-refractivity contribution in [1.29, 1.82) is 0 Å². The van der Waals surface area contributed by atoms with Gasteiger partial charge < -0.3 is 5.73 Å². The molecule has 1 aliphatic carbocycles. The SMILES string of the molecule is Cn1nccc1C(=O)C1(N)CC1. The Balaban J connectivity index is 2.31. The number of hydrogen-bond donors (Lipinski definition) is 1. The van der Waals surface area contributed by atoms with Crippen molar-refractivity contribution in [2.75, 3.05) is 0 Å². The zero-order chi connectivity index (χ0) is 8.77. The Morgan fingerprint density at radius 3 is 2.83 bits per heavy atom. The molecule has 0 unspecified atom stereocenters. The maximum Gasteiger partial charge on any atom is 0.200 e. The highest BCUT2D eigenvalue weighted by Gasteiger charge is 2.46. The molecule has 4 heteroatoms. The molecular formula is C8H11N3O. The number of aromatic nitrogens is 2. The van der Waals surface area contributed by atoms with Crippen molar-refractivity contribution in [3.8, 4) is 0 Å². The molecule has 12 heavy (non-hydrogen) atoms. The van der Waals surface area contributed by atoms with Crippen molar-refractivity contribution in [2.24, 2.45) is 12.8 Å². The first-order chi connectivity index (χ1) is 5.63. The van der Waals surface area contributed by atoms with Crippen LogP contribution in [0.1, 0.15) is 23.3 Å². The summed E-state index contributed by atoms with van der Waals surface area (Å²) in [5, 5.41) is 3.92. The topological polar surface area (TPSA) is 60.9 Å². The molecule has 4 nitrogen and oxygen atoms in total. The van der Waals surface area contributed by atoms with E-state index in [9.17, 15) is 4.79 Å². The summed E-state index contributed by atoms with van der Waals surface area (Å²) in [5.41, 5.74) is 5.79. The largest absolute Gasteiger partial charge is 0.319 e. The molecule has 0 radical (unpaired) electrons. The van der Waals surface area contributed by atoms with Gasteiger partial charge in [0.15, 0.2) is 0 Å². The molecule has 0 atom stereocenters. The highest BCUT2D eigenvalue weighted by Crippen LogP contribution is 2.35. The minimum absolute atomic E-state index is 0.0162. The number of aryl methyl sites for hydroxylation is 1. The molecule has 2 N–H and O–H groups in total. The minimum atomic E-state index is -0.576. The van der Waals surface area contributed by atoms with Crippen LogP contribution in [0, 0.1) is 0 Å². The van der Waals surface area contributed by atoms with Gasteiger partial charge in [0.25, 0.3) is 0 Å². The number of hydrogen-bond acceptors (Lipinski definition) is 3. The van der Waals surface area contributed by atoms with Crippen molar-refractivity contribution in [2.45, 2.75) is 18.4 Å². The molecule has 1 saturated carbocycles. The molecule has 1 aromatic heterocycles. The predicted octanol–water partition coefficient (Wildman–Crippen LogP) is 0.0941. The van der Waals surface area contributed by atoms with Crippen LogP contribution in [-0.4, -0.2) is 21.1 Å². The van der Waals surface area contributed by atoms with Gasteiger partial charge in [-0.2, -0.15) is 5.10 Å². The van der Waals surface area contributed by atoms with E-state index in [1.807, 2.05) is 0 Å². The van der Waals surface area contributed by atoms with Gasteiger partial charge in [-0.25, -0.2) is 0 Å². The fourth-order valence-electron chi connectivity index (χ4n) is 1.21. The van der Waals surface area contributed by atoms with Crippen molar-refractivity contribution >= 4 is 5.78 Å². The third-order valence-corrected chi connectivity index (χ3v) is 2.29. The van der Waals surface area contributed by atoms with E-state index in [-0.39, 0.29) is 5.78 Å². The molecule has 0 bridgehead atoms. The standard InChI is InChI=1S/C8H11N3O/c1-11-6(2-5-10-11)7(12)8(9)3-4-8/h2,5H,3-4,9H2,1H3. The van der Waals surface area contributed by atoms with Crippen molar-refractivity contribution < 1.29 is 4.79 Å². The van der Waals surface area contributed by atoms with Crippen LogP contribution >= 0.6 is 0 Å². The maximum absolute atomic E-state index is 11.6. The van der Waals surface area contributed by atoms with Gasteiger partial charge in [-0.3, -0.25) is 9.48 Å². The van der Waals surface area contributed by atoms with Crippen LogP contribution in [0.5, 0.6) is 0 Å². The van der Waals surface area contributed by atoms with E-state index >= 15 is 0 Å². The van der Waals surface area contributed by atoms with Gasteiger partial charge in [0.2, 0.25) is 5.78 Å². The molecule has 1 heterocycles. The van der Waals surface area contributed by atoms with E-state index in [0.29, 0.717) is 5.69 Å². The summed E-state index contributed by atoms with van der Waals surface area (Å²) in [6, 6.07) is 1.70. The zero-order valence-electron chi connectivity index (χ0n) is 6.95. The van der Waals surface area contributed by atoms with Crippen LogP contribution < -0.4 is 5.73 Å². The molecule has 1 aromatic rings. The average molecular weight is 165 g/mol. The molecule has 0 saturated heterocycles. The predicted molar refractivity (Wildman–Crippen MR) is 43.7 cm³/mol. The second-order valence-corrected chi connectivity index (χ2v) is 3.33. The molecular weight excluding hydrogens is 154 g/mol. The smallest absolute Gasteiger partial charge is 0.200 e. The van der Waals surface area contributed by atoms with Crippen LogP contribution in [0.4, 0.5) is 0 Å². The first kappa shape index (κ1) is 7.49. The lowest BCUT2D eigenvalue weighted by molar-refractivity contribution is 0.0940. The number of rotatable bonds is 2. The van der Waals surface area contributed by atoms with Crippen molar-refractivity contribution in [3.63, 3.8) is 0 Å². The third kappa shape index (κ3) is 0.956. The number of ketones is 1. The number of nitrogens with two attached hydrogens (primary N) is 1. The number of carbonyl (C=O) groups is 1. The Morgan fingerprint density at radius 2 is 2.42 bits per heavy atom. The Labute approximate surface area is 70.4 Å². The molecule has 1 fully saturated rings. The van der Waals surface area contributed by atoms with Gasteiger partial charge in [-0.1, -0.05) is 0 Å². The van der Waals surface area contributed by atoms with Crippen LogP contribution in [0.2, 0.25) is 0 Å². The maximum atomic E-state index is 11.6. The average Bonchev–Trinajstić information content (AvgIpc) is 2.63. The summed E-state index contributed by atoms with van der Waals surface area (Å²) < 4.78 is 1.56. The van der Waals surface area contributed by atoms with Crippen LogP contribution in [0.3, 0.4) is 0 Å². The molecule has 2 rings (SSSR count). The summed E-state index contributed by atoms with van der Waals surface area (Å²) in [4.78, 5) is 11.6. The van der Waals surface area contributed by atoms with Crippen molar-refractivity contribution in [3.05, 3.63) is 18.0 Å². The Kier molecular flexibility index (Phi) is 1.35. The van der Waals surface area contributed by atoms with Crippen molar-refractivity contribution in [1.82, 2.24) is 9.78 Å². The molecule has 1 aliphatic rings. The summed E-state index contributed by atoms with van der Waals surface area (Å²) in [6.45, 7) is 0. The first-order valence-electron chi connectivity index (χ1n) is 3.95. The summed E-state index contributed by atoms with van der Waals surface area (Å²) in [6.07, 6.45) is 3.22. The lowest BCUT2D eigenvalue weighted by Crippen LogP contribution is -2.34. The van der Waals surface area contributed by atoms with E-state index in [2.05, 4.69) is 5.10 Å². The Bertz CT molecular complexity index is 325. The summed E-state index contributed by atoms with van der Waals surface area (Å²) in [7, 11) is 1.75. The van der Waals surface area contributed by atoms with E-state index in [1.54, 1.807) is 24.0 Å². The minimum Gasteiger partial charge on any atom is -0.319 e. The van der Waals surface area contributed by atoms with Gasteiger partial charge in [0, 0.05) is 13.2 Å². The second-order valence-electron chi connectivity index (χ2n) is 3.33. The first-order valence-corrected chi connectivity index (χ1v) is 3.95. The fraction of sp³-hybridized carbons (Fsp3) is 0.500. The molecule has 0 spiro atoms. The van der Waals surface area contributed by atoms with Crippen LogP contribution in [-0.2, 0) is 7.05 Å². The van der Waals surface area contributed by atoms with Gasteiger partial charge in [0.1, 0.15) is 5.69 Å². The van der Waals surface area contributed by atoms with E-state index in [0.717, 1.165) is 12.8 Å². The number of nitrogens with zero attached hydrogens (tertiary/aromatic N) is 2. The number of carbonyl (C=O) groups excluding carboxylic acids is 1. The second kappa shape index (κ2) is 2.17. The molecule has 0 aliphatic heterocycles. The Morgan fingerprint density at radius 1 is 1.75 bits per heavy atom. The summed E-state index contributed by atoms with van der Waals surface area (Å²) in [5.74, 6) is 0.0162. The quantitative estimate of drug-likeness (QED) is 0.632. The van der Waals surface area contributed by atoms with E-state index in [4.69, 9.17) is 5.73 Å². The lowest BCUT2D eigenvalue weighted by Gasteiger charge is -2.06. The molecule has 0 amide bonds. The van der Waals surface area contributed by atoms with Crippen LogP contribution in [0.15, 0.2) is 12.3 Å². The monoisotopic (exact) mass is 165 g/mol. The van der Waals surface area contributed by atoms with Gasteiger partial charge >= 0.3 is 0 Å². The molecule has 64 valence electrons. The van der Waals surface area contributed by atoms with E-state index < -0.39 is 5.54 Å². The Hall–Kier alpha value is -1.16. The van der Waals surface area contributed by atoms with Gasteiger partial charge in [-0.05, 0) is 18.9 Å². The summed E-state index contributed by atoms with van der Waals surface area (Å²) >= 11 is 0. The third-order valence-electron chi connectivity index (χ3n) is 2.29. The van der Waals surface area contributed by atoms with Gasteiger partial charge in [-0.15, -0.1) is 0 Å². The normalized spacial score (nSPS) is 19.2. The highest BCUT2D eigenvalue weighted by molar-refractivity contribution is 6.03. The lowest BCUT2D eigenvalue weighted by atomic mass is 10.1. The van der Waals surface area contributed by atoms with Gasteiger partial charge in [0.05, 0.1) is 5.54 Å². The zero-order valence-corrected chi connectivity index (χ0v) is 6.95.